The van der Waals surface area contributed by atoms with E-state index in [0.29, 0.717) is 61.1 Å². The lowest BCUT2D eigenvalue weighted by Gasteiger charge is -2.40. The number of hydrogen-bond acceptors (Lipinski definition) is 21. The average Bonchev–Trinajstić information content (AvgIpc) is 1.56. The van der Waals surface area contributed by atoms with Crippen molar-refractivity contribution in [3.8, 4) is 23.0 Å². The summed E-state index contributed by atoms with van der Waals surface area (Å²) in [4.78, 5) is 95.7. The quantitative estimate of drug-likeness (QED) is 0.0200. The minimum Gasteiger partial charge on any atom is -0.458 e. The average molecular weight is 1740 g/mol. The van der Waals surface area contributed by atoms with E-state index in [2.05, 4.69) is 18.9 Å². The third-order valence-corrected chi connectivity index (χ3v) is 18.7. The van der Waals surface area contributed by atoms with E-state index in [1.165, 1.54) is 97.1 Å². The van der Waals surface area contributed by atoms with E-state index in [-0.39, 0.29) is 70.4 Å². The van der Waals surface area contributed by atoms with Gasteiger partial charge in [-0.15, -0.1) is 0 Å². The summed E-state index contributed by atoms with van der Waals surface area (Å²) in [5.74, 6) is -17.2. The molecule has 662 valence electrons. The van der Waals surface area contributed by atoms with Crippen molar-refractivity contribution in [2.45, 2.75) is 200 Å². The van der Waals surface area contributed by atoms with Crippen LogP contribution in [0.25, 0.3) is 21.5 Å². The van der Waals surface area contributed by atoms with Crippen LogP contribution in [0.3, 0.4) is 0 Å². The number of benzene rings is 6. The summed E-state index contributed by atoms with van der Waals surface area (Å²) < 4.78 is 300. The Morgan fingerprint density at radius 3 is 1.04 bits per heavy atom. The molecule has 0 spiro atoms. The number of ether oxygens (including phenoxy) is 9. The standard InChI is InChI=1S/C21H20F6O5.C20H18F6O5.C18H19F5O6.C18H23F3O5.CH4/c1-4-18(2,3)17(29)32-15-8-7-12-9-14(6-5-13(12)10-15)16(28)31-11-19(30,20(22,23)24)21(25,26)27;1-3-11(2)16(27)31-15-7-6-12-8-14(5-4-13(12)9-15)17(28)30-10-18(29,19(21,22)23)20(24,25)26;1-4-10(2)13(24)28-12-7-5-11(6-8-12)14(25)29-15(3)9-27-17(26,16(15,19)20)18(21,22)23;1-6-11(2)14(22)25-13-9-7-12(8-10-13)15(23)26-16(3,4)17(5,24)18(19,20)21;/h5-10,30H,4,11H2,1-3H3;4-9,11,29H,3,10H2,1-2H3;5-8,10,26H,4,9H2,1-3H3;7-11,24H,6H2,1-5H3;1H4. The largest absolute Gasteiger partial charge is 0.458 e. The van der Waals surface area contributed by atoms with Crippen LogP contribution in [0.15, 0.2) is 121 Å². The maximum atomic E-state index is 14.3. The number of aliphatic hydroxyl groups is 4. The molecule has 0 aromatic heterocycles. The van der Waals surface area contributed by atoms with Crippen LogP contribution in [0.5, 0.6) is 23.0 Å². The lowest BCUT2D eigenvalue weighted by Crippen LogP contribution is -2.63. The van der Waals surface area contributed by atoms with E-state index in [1.807, 2.05) is 20.8 Å². The highest BCUT2D eigenvalue weighted by molar-refractivity contribution is 5.97. The molecule has 6 atom stereocenters. The Bertz CT molecular complexity index is 4500. The molecule has 119 heavy (non-hydrogen) atoms. The van der Waals surface area contributed by atoms with Gasteiger partial charge >= 0.3 is 96.5 Å². The zero-order chi connectivity index (χ0) is 90.7. The number of esters is 8. The molecule has 0 radical (unpaired) electrons. The van der Waals surface area contributed by atoms with Gasteiger partial charge in [-0.25, -0.2) is 19.2 Å². The summed E-state index contributed by atoms with van der Waals surface area (Å²) in [7, 11) is 0. The zero-order valence-corrected chi connectivity index (χ0v) is 64.5. The summed E-state index contributed by atoms with van der Waals surface area (Å²) >= 11 is 0. The predicted molar refractivity (Wildman–Crippen MR) is 379 cm³/mol. The Balaban J connectivity index is 0.000000410. The van der Waals surface area contributed by atoms with Crippen LogP contribution in [-0.2, 0) is 42.9 Å². The Morgan fingerprint density at radius 2 is 0.731 bits per heavy atom. The first-order valence-electron chi connectivity index (χ1n) is 34.9. The van der Waals surface area contributed by atoms with Crippen LogP contribution >= 0.6 is 0 Å². The predicted octanol–water partition coefficient (Wildman–Crippen LogP) is 18.0. The number of hydrogen-bond donors (Lipinski definition) is 4. The second kappa shape index (κ2) is 38.6. The zero-order valence-electron chi connectivity index (χ0n) is 64.5. The van der Waals surface area contributed by atoms with Crippen molar-refractivity contribution in [3.05, 3.63) is 144 Å². The molecule has 6 aromatic carbocycles. The first-order chi connectivity index (χ1) is 53.6. The van der Waals surface area contributed by atoms with Gasteiger partial charge in [0.15, 0.2) is 5.60 Å². The molecule has 1 heterocycles. The second-order valence-corrected chi connectivity index (χ2v) is 28.3. The molecule has 1 aliphatic heterocycles. The van der Waals surface area contributed by atoms with E-state index in [4.69, 9.17) is 33.9 Å². The molecule has 7 rings (SSSR count). The smallest absolute Gasteiger partial charge is 0.449 e. The van der Waals surface area contributed by atoms with Gasteiger partial charge in [0.25, 0.3) is 11.2 Å². The number of carbonyl (C=O) groups is 8. The van der Waals surface area contributed by atoms with Gasteiger partial charge in [-0.2, -0.15) is 87.8 Å². The van der Waals surface area contributed by atoms with Gasteiger partial charge in [0, 0.05) is 0 Å². The van der Waals surface area contributed by atoms with E-state index in [1.54, 1.807) is 41.5 Å². The first kappa shape index (κ1) is 103. The van der Waals surface area contributed by atoms with Crippen molar-refractivity contribution in [1.29, 1.82) is 0 Å². The van der Waals surface area contributed by atoms with Gasteiger partial charge in [0.05, 0.1) is 52.0 Å². The molecule has 1 saturated heterocycles. The van der Waals surface area contributed by atoms with Crippen molar-refractivity contribution in [3.63, 3.8) is 0 Å². The molecule has 1 fully saturated rings. The van der Waals surface area contributed by atoms with Gasteiger partial charge in [0.1, 0.15) is 41.8 Å². The normalized spacial score (nSPS) is 17.2. The molecule has 0 saturated carbocycles. The summed E-state index contributed by atoms with van der Waals surface area (Å²) in [5, 5.41) is 38.9. The van der Waals surface area contributed by atoms with Crippen molar-refractivity contribution >= 4 is 69.3 Å². The number of fused-ring (bicyclic) bond motifs is 2. The fraction of sp³-hybridized carbons (Fsp3) is 0.487. The molecule has 21 nitrogen and oxygen atoms in total. The van der Waals surface area contributed by atoms with Gasteiger partial charge in [-0.05, 0) is 186 Å². The summed E-state index contributed by atoms with van der Waals surface area (Å²) in [6.45, 7) is 12.7. The highest BCUT2D eigenvalue weighted by Gasteiger charge is 2.83. The maximum Gasteiger partial charge on any atom is 0.449 e. The first-order valence-corrected chi connectivity index (χ1v) is 34.9. The Labute approximate surface area is 666 Å². The summed E-state index contributed by atoms with van der Waals surface area (Å²) in [6, 6.07) is 25.8. The van der Waals surface area contributed by atoms with Crippen LogP contribution in [0, 0.1) is 23.2 Å². The van der Waals surface area contributed by atoms with Crippen molar-refractivity contribution < 1.29 is 189 Å². The highest BCUT2D eigenvalue weighted by atomic mass is 19.4. The highest BCUT2D eigenvalue weighted by Crippen LogP contribution is 2.55. The lowest BCUT2D eigenvalue weighted by molar-refractivity contribution is -0.409. The van der Waals surface area contributed by atoms with E-state index in [0.717, 1.165) is 38.1 Å². The molecule has 0 bridgehead atoms. The Kier molecular flexibility index (Phi) is 33.5. The minimum absolute atomic E-state index is 0. The van der Waals surface area contributed by atoms with Crippen molar-refractivity contribution in [2.24, 2.45) is 23.2 Å². The van der Waals surface area contributed by atoms with Crippen molar-refractivity contribution in [2.75, 3.05) is 19.8 Å². The molecule has 6 aromatic rings. The van der Waals surface area contributed by atoms with Crippen LogP contribution in [0.1, 0.15) is 165 Å². The maximum absolute atomic E-state index is 14.3. The molecular formula is C78H84F20O21. The molecule has 1 aliphatic rings. The van der Waals surface area contributed by atoms with Gasteiger partial charge in [0.2, 0.25) is 5.60 Å². The van der Waals surface area contributed by atoms with Gasteiger partial charge < -0.3 is 63.1 Å². The monoisotopic (exact) mass is 1740 g/mol. The number of carbonyl (C=O) groups excluding carboxylic acids is 8. The number of rotatable bonds is 23. The second-order valence-electron chi connectivity index (χ2n) is 28.3. The van der Waals surface area contributed by atoms with Crippen molar-refractivity contribution in [1.82, 2.24) is 0 Å². The molecule has 6 unspecified atom stereocenters. The van der Waals surface area contributed by atoms with Crippen LogP contribution in [-0.4, -0.2) is 165 Å². The van der Waals surface area contributed by atoms with E-state index in [9.17, 15) is 136 Å². The van der Waals surface area contributed by atoms with Gasteiger partial charge in [-0.1, -0.05) is 80.2 Å². The summed E-state index contributed by atoms with van der Waals surface area (Å²) in [5.41, 5.74) is -20.6. The molecule has 0 aliphatic carbocycles. The number of alkyl halides is 20. The number of halogens is 20. The molecule has 41 heteroatoms. The van der Waals surface area contributed by atoms with Crippen LogP contribution in [0.4, 0.5) is 87.8 Å². The van der Waals surface area contributed by atoms with E-state index >= 15 is 0 Å². The lowest BCUT2D eigenvalue weighted by atomic mass is 9.86. The molecular weight excluding hydrogens is 1650 g/mol. The van der Waals surface area contributed by atoms with Crippen LogP contribution in [0.2, 0.25) is 0 Å². The van der Waals surface area contributed by atoms with E-state index < -0.39 is 150 Å². The SMILES string of the molecule is C.CCC(C)(C)C(=O)Oc1ccc2cc(C(=O)OCC(O)(C(F)(F)F)C(F)(F)F)ccc2c1.CCC(C)C(=O)Oc1ccc(C(=O)OC(C)(C)C(C)(O)C(F)(F)F)cc1.CCC(C)C(=O)Oc1ccc(C(=O)OC2(C)COC(O)(C(F)(F)F)C2(F)F)cc1.CCC(C)C(=O)Oc1ccc2cc(C(=O)OCC(O)(C(F)(F)F)C(F)(F)F)ccc2c1. The third-order valence-electron chi connectivity index (χ3n) is 18.7. The fourth-order valence-corrected chi connectivity index (χ4v) is 8.97. The Hall–Kier alpha value is -10.0. The molecule has 0 amide bonds. The molecule has 4 N–H and O–H groups in total. The van der Waals surface area contributed by atoms with Crippen LogP contribution < -0.4 is 18.9 Å². The summed E-state index contributed by atoms with van der Waals surface area (Å²) in [6.07, 6.45) is -32.9. The Morgan fingerprint density at radius 1 is 0.429 bits per heavy atom. The third kappa shape index (κ3) is 24.4. The topological polar surface area (TPSA) is 301 Å². The minimum atomic E-state index is -6.10. The van der Waals surface area contributed by atoms with Gasteiger partial charge in [-0.3, -0.25) is 19.2 Å². The fourth-order valence-electron chi connectivity index (χ4n) is 8.97.